The van der Waals surface area contributed by atoms with E-state index in [1.54, 1.807) is 0 Å². The Balaban J connectivity index is 2.56. The maximum absolute atomic E-state index is 2.40. The van der Waals surface area contributed by atoms with Gasteiger partial charge in [0.25, 0.3) is 0 Å². The van der Waals surface area contributed by atoms with Crippen molar-refractivity contribution >= 4 is 10.9 Å². The molecule has 0 atom stereocenters. The van der Waals surface area contributed by atoms with Crippen LogP contribution in [0.4, 0.5) is 0 Å². The monoisotopic (exact) mass is 187 g/mol. The van der Waals surface area contributed by atoms with Gasteiger partial charge in [-0.2, -0.15) is 0 Å². The highest BCUT2D eigenvalue weighted by Crippen LogP contribution is 2.20. The zero-order valence-electron chi connectivity index (χ0n) is 9.12. The van der Waals surface area contributed by atoms with Crippen LogP contribution in [-0.2, 0) is 6.54 Å². The van der Waals surface area contributed by atoms with Gasteiger partial charge in [-0.1, -0.05) is 32.0 Å². The molecule has 0 saturated carbocycles. The van der Waals surface area contributed by atoms with Crippen molar-refractivity contribution in [3.63, 3.8) is 0 Å². The second-order valence-electron chi connectivity index (χ2n) is 4.35. The Morgan fingerprint density at radius 3 is 2.64 bits per heavy atom. The Morgan fingerprint density at radius 1 is 1.21 bits per heavy atom. The third-order valence-electron chi connectivity index (χ3n) is 2.57. The molecule has 0 fully saturated rings. The number of fused-ring (bicyclic) bond motifs is 1. The number of nitrogens with zero attached hydrogens (tertiary/aromatic N) is 1. The van der Waals surface area contributed by atoms with Gasteiger partial charge in [0, 0.05) is 17.8 Å². The van der Waals surface area contributed by atoms with Crippen molar-refractivity contribution in [1.82, 2.24) is 4.57 Å². The van der Waals surface area contributed by atoms with E-state index in [4.69, 9.17) is 0 Å². The summed E-state index contributed by atoms with van der Waals surface area (Å²) in [6, 6.07) is 10.8. The highest BCUT2D eigenvalue weighted by molar-refractivity contribution is 5.81. The van der Waals surface area contributed by atoms with Crippen LogP contribution in [0, 0.1) is 12.8 Å². The van der Waals surface area contributed by atoms with E-state index in [-0.39, 0.29) is 0 Å². The summed E-state index contributed by atoms with van der Waals surface area (Å²) in [5.41, 5.74) is 2.72. The fourth-order valence-electron chi connectivity index (χ4n) is 1.96. The van der Waals surface area contributed by atoms with Crippen LogP contribution in [0.25, 0.3) is 10.9 Å². The molecule has 0 radical (unpaired) electrons. The molecule has 0 spiro atoms. The minimum absolute atomic E-state index is 0.699. The van der Waals surface area contributed by atoms with E-state index in [0.29, 0.717) is 5.92 Å². The van der Waals surface area contributed by atoms with Crippen LogP contribution in [0.5, 0.6) is 0 Å². The molecule has 2 rings (SSSR count). The molecule has 0 unspecified atom stereocenters. The molecule has 1 aromatic carbocycles. The number of benzene rings is 1. The molecule has 14 heavy (non-hydrogen) atoms. The first-order chi connectivity index (χ1) is 6.68. The van der Waals surface area contributed by atoms with Crippen LogP contribution in [0.2, 0.25) is 0 Å². The topological polar surface area (TPSA) is 4.93 Å². The number of hydrogen-bond acceptors (Lipinski definition) is 0. The summed E-state index contributed by atoms with van der Waals surface area (Å²) in [5, 5.41) is 1.35. The Labute approximate surface area is 85.4 Å². The van der Waals surface area contributed by atoms with E-state index >= 15 is 0 Å². The van der Waals surface area contributed by atoms with Gasteiger partial charge in [0.1, 0.15) is 0 Å². The summed E-state index contributed by atoms with van der Waals surface area (Å²) in [6.45, 7) is 7.81. The summed E-state index contributed by atoms with van der Waals surface area (Å²) in [4.78, 5) is 0. The Kier molecular flexibility index (Phi) is 2.32. The lowest BCUT2D eigenvalue weighted by atomic mass is 10.2. The summed E-state index contributed by atoms with van der Waals surface area (Å²) in [7, 11) is 0. The van der Waals surface area contributed by atoms with E-state index in [1.807, 2.05) is 0 Å². The molecule has 0 aliphatic heterocycles. The fourth-order valence-corrected chi connectivity index (χ4v) is 1.96. The lowest BCUT2D eigenvalue weighted by Crippen LogP contribution is -2.05. The van der Waals surface area contributed by atoms with Gasteiger partial charge >= 0.3 is 0 Å². The van der Waals surface area contributed by atoms with E-state index in [9.17, 15) is 0 Å². The smallest absolute Gasteiger partial charge is 0.0482 e. The number of para-hydroxylation sites is 1. The Bertz CT molecular complexity index is 437. The first-order valence-corrected chi connectivity index (χ1v) is 5.23. The predicted octanol–water partition coefficient (Wildman–Crippen LogP) is 3.61. The highest BCUT2D eigenvalue weighted by Gasteiger charge is 2.05. The van der Waals surface area contributed by atoms with Gasteiger partial charge in [0.2, 0.25) is 0 Å². The lowest BCUT2D eigenvalue weighted by Gasteiger charge is -2.10. The van der Waals surface area contributed by atoms with Crippen molar-refractivity contribution in [2.24, 2.45) is 5.92 Å². The summed E-state index contributed by atoms with van der Waals surface area (Å²) >= 11 is 0. The molecule has 2 aromatic rings. The largest absolute Gasteiger partial charge is 0.345 e. The van der Waals surface area contributed by atoms with Crippen LogP contribution in [0.15, 0.2) is 30.3 Å². The molecule has 0 aliphatic carbocycles. The SMILES string of the molecule is Cc1cc2ccccc2n1CC(C)C. The first-order valence-electron chi connectivity index (χ1n) is 5.23. The molecule has 1 nitrogen and oxygen atoms in total. The van der Waals surface area contributed by atoms with E-state index < -0.39 is 0 Å². The zero-order chi connectivity index (χ0) is 10.1. The normalized spacial score (nSPS) is 11.4. The zero-order valence-corrected chi connectivity index (χ0v) is 9.12. The van der Waals surface area contributed by atoms with Gasteiger partial charge in [-0.05, 0) is 30.4 Å². The second-order valence-corrected chi connectivity index (χ2v) is 4.35. The van der Waals surface area contributed by atoms with E-state index in [1.165, 1.54) is 16.6 Å². The average molecular weight is 187 g/mol. The molecule has 1 aromatic heterocycles. The lowest BCUT2D eigenvalue weighted by molar-refractivity contribution is 0.528. The summed E-state index contributed by atoms with van der Waals surface area (Å²) in [6.07, 6.45) is 0. The van der Waals surface area contributed by atoms with Gasteiger partial charge in [-0.25, -0.2) is 0 Å². The number of hydrogen-bond donors (Lipinski definition) is 0. The van der Waals surface area contributed by atoms with Crippen LogP contribution in [-0.4, -0.2) is 4.57 Å². The highest BCUT2D eigenvalue weighted by atomic mass is 15.0. The third kappa shape index (κ3) is 1.54. The average Bonchev–Trinajstić information content (AvgIpc) is 2.43. The molecule has 74 valence electrons. The van der Waals surface area contributed by atoms with Crippen LogP contribution < -0.4 is 0 Å². The molecule has 0 N–H and O–H groups in total. The molecule has 0 amide bonds. The quantitative estimate of drug-likeness (QED) is 0.677. The number of rotatable bonds is 2. The maximum atomic E-state index is 2.40. The minimum Gasteiger partial charge on any atom is -0.345 e. The van der Waals surface area contributed by atoms with Crippen molar-refractivity contribution in [3.8, 4) is 0 Å². The Morgan fingerprint density at radius 2 is 1.93 bits per heavy atom. The Hall–Kier alpha value is -1.24. The van der Waals surface area contributed by atoms with Gasteiger partial charge < -0.3 is 4.57 Å². The van der Waals surface area contributed by atoms with Crippen LogP contribution in [0.3, 0.4) is 0 Å². The van der Waals surface area contributed by atoms with Gasteiger partial charge in [-0.3, -0.25) is 0 Å². The van der Waals surface area contributed by atoms with Gasteiger partial charge in [0.15, 0.2) is 0 Å². The third-order valence-corrected chi connectivity index (χ3v) is 2.57. The molecule has 0 aliphatic rings. The molecule has 1 heteroatoms. The van der Waals surface area contributed by atoms with Crippen molar-refractivity contribution in [2.45, 2.75) is 27.3 Å². The van der Waals surface area contributed by atoms with Crippen molar-refractivity contribution in [3.05, 3.63) is 36.0 Å². The molecular weight excluding hydrogens is 170 g/mol. The fraction of sp³-hybridized carbons (Fsp3) is 0.385. The van der Waals surface area contributed by atoms with E-state index in [2.05, 4.69) is 55.7 Å². The standard InChI is InChI=1S/C13H17N/c1-10(2)9-14-11(3)8-12-6-4-5-7-13(12)14/h4-8,10H,9H2,1-3H3. The predicted molar refractivity (Wildman–Crippen MR) is 61.5 cm³/mol. The van der Waals surface area contributed by atoms with Gasteiger partial charge in [-0.15, -0.1) is 0 Å². The summed E-state index contributed by atoms with van der Waals surface area (Å²) in [5.74, 6) is 0.699. The molecule has 0 bridgehead atoms. The maximum Gasteiger partial charge on any atom is 0.0482 e. The molecule has 0 saturated heterocycles. The van der Waals surface area contributed by atoms with Crippen molar-refractivity contribution in [2.75, 3.05) is 0 Å². The second kappa shape index (κ2) is 3.49. The number of aromatic nitrogens is 1. The van der Waals surface area contributed by atoms with Gasteiger partial charge in [0.05, 0.1) is 0 Å². The van der Waals surface area contributed by atoms with Crippen molar-refractivity contribution in [1.29, 1.82) is 0 Å². The summed E-state index contributed by atoms with van der Waals surface area (Å²) < 4.78 is 2.40. The van der Waals surface area contributed by atoms with E-state index in [0.717, 1.165) is 6.54 Å². The van der Waals surface area contributed by atoms with Crippen molar-refractivity contribution < 1.29 is 0 Å². The molecular formula is C13H17N. The van der Waals surface area contributed by atoms with Crippen LogP contribution in [0.1, 0.15) is 19.5 Å². The minimum atomic E-state index is 0.699. The molecule has 1 heterocycles. The van der Waals surface area contributed by atoms with Crippen LogP contribution >= 0.6 is 0 Å². The number of aryl methyl sites for hydroxylation is 1. The first kappa shape index (κ1) is 9.32.